The third kappa shape index (κ3) is 2.39. The standard InChI is InChI=1S/C13H19NO/c1-10(11-6-3-2-4-7-11)13-12(14)8-5-9-15-13/h2-4,6-7,10,12-13H,5,8-9,14H2,1H3. The van der Waals surface area contributed by atoms with Gasteiger partial charge in [0.05, 0.1) is 6.10 Å². The normalized spacial score (nSPS) is 28.7. The summed E-state index contributed by atoms with van der Waals surface area (Å²) in [6, 6.07) is 10.7. The van der Waals surface area contributed by atoms with Gasteiger partial charge in [-0.25, -0.2) is 0 Å². The molecule has 0 bridgehead atoms. The van der Waals surface area contributed by atoms with Gasteiger partial charge in [0.1, 0.15) is 0 Å². The second-order valence-corrected chi connectivity index (χ2v) is 4.34. The topological polar surface area (TPSA) is 35.2 Å². The van der Waals surface area contributed by atoms with Crippen molar-refractivity contribution in [2.75, 3.05) is 6.61 Å². The van der Waals surface area contributed by atoms with Crippen molar-refractivity contribution in [3.63, 3.8) is 0 Å². The van der Waals surface area contributed by atoms with E-state index in [1.165, 1.54) is 5.56 Å². The Balaban J connectivity index is 2.09. The summed E-state index contributed by atoms with van der Waals surface area (Å²) in [6.45, 7) is 3.06. The summed E-state index contributed by atoms with van der Waals surface area (Å²) in [6.07, 6.45) is 2.36. The Kier molecular flexibility index (Phi) is 3.39. The Morgan fingerprint density at radius 2 is 2.07 bits per heavy atom. The number of hydrogen-bond acceptors (Lipinski definition) is 2. The molecule has 2 N–H and O–H groups in total. The van der Waals surface area contributed by atoms with E-state index >= 15 is 0 Å². The van der Waals surface area contributed by atoms with Crippen LogP contribution in [0, 0.1) is 0 Å². The molecule has 0 amide bonds. The molecule has 1 aromatic carbocycles. The Hall–Kier alpha value is -0.860. The molecular formula is C13H19NO. The van der Waals surface area contributed by atoms with Gasteiger partial charge in [0.2, 0.25) is 0 Å². The molecule has 2 nitrogen and oxygen atoms in total. The van der Waals surface area contributed by atoms with E-state index in [0.29, 0.717) is 5.92 Å². The van der Waals surface area contributed by atoms with Crippen LogP contribution in [0.4, 0.5) is 0 Å². The fourth-order valence-corrected chi connectivity index (χ4v) is 2.29. The molecule has 2 rings (SSSR count). The smallest absolute Gasteiger partial charge is 0.0791 e. The van der Waals surface area contributed by atoms with Gasteiger partial charge in [0, 0.05) is 18.6 Å². The van der Waals surface area contributed by atoms with Gasteiger partial charge in [0.25, 0.3) is 0 Å². The van der Waals surface area contributed by atoms with Crippen molar-refractivity contribution in [1.29, 1.82) is 0 Å². The van der Waals surface area contributed by atoms with Crippen LogP contribution >= 0.6 is 0 Å². The van der Waals surface area contributed by atoms with E-state index in [-0.39, 0.29) is 12.1 Å². The molecule has 15 heavy (non-hydrogen) atoms. The quantitative estimate of drug-likeness (QED) is 0.804. The minimum atomic E-state index is 0.182. The summed E-state index contributed by atoms with van der Waals surface area (Å²) in [5, 5.41) is 0. The molecule has 3 unspecified atom stereocenters. The average molecular weight is 205 g/mol. The van der Waals surface area contributed by atoms with E-state index in [0.717, 1.165) is 19.4 Å². The lowest BCUT2D eigenvalue weighted by Gasteiger charge is -2.33. The summed E-state index contributed by atoms with van der Waals surface area (Å²) in [5.74, 6) is 0.390. The van der Waals surface area contributed by atoms with Gasteiger partial charge in [-0.3, -0.25) is 0 Å². The van der Waals surface area contributed by atoms with Crippen molar-refractivity contribution in [2.45, 2.75) is 37.8 Å². The lowest BCUT2D eigenvalue weighted by atomic mass is 9.88. The van der Waals surface area contributed by atoms with Crippen molar-refractivity contribution < 1.29 is 4.74 Å². The van der Waals surface area contributed by atoms with Crippen molar-refractivity contribution in [1.82, 2.24) is 0 Å². The molecule has 0 aliphatic carbocycles. The first-order valence-electron chi connectivity index (χ1n) is 5.71. The highest BCUT2D eigenvalue weighted by Crippen LogP contribution is 2.27. The first-order valence-corrected chi connectivity index (χ1v) is 5.71. The number of rotatable bonds is 2. The van der Waals surface area contributed by atoms with Gasteiger partial charge in [-0.2, -0.15) is 0 Å². The minimum absolute atomic E-state index is 0.182. The summed E-state index contributed by atoms with van der Waals surface area (Å²) in [7, 11) is 0. The van der Waals surface area contributed by atoms with Crippen LogP contribution in [0.15, 0.2) is 30.3 Å². The monoisotopic (exact) mass is 205 g/mol. The first-order chi connectivity index (χ1) is 7.29. The molecule has 1 fully saturated rings. The maximum Gasteiger partial charge on any atom is 0.0791 e. The van der Waals surface area contributed by atoms with E-state index in [1.807, 2.05) is 6.07 Å². The van der Waals surface area contributed by atoms with Crippen molar-refractivity contribution in [3.8, 4) is 0 Å². The van der Waals surface area contributed by atoms with Gasteiger partial charge in [-0.15, -0.1) is 0 Å². The summed E-state index contributed by atoms with van der Waals surface area (Å²) in [5.41, 5.74) is 7.41. The fraction of sp³-hybridized carbons (Fsp3) is 0.538. The second kappa shape index (κ2) is 4.77. The molecular weight excluding hydrogens is 186 g/mol. The zero-order valence-electron chi connectivity index (χ0n) is 9.23. The zero-order chi connectivity index (χ0) is 10.7. The molecule has 1 aliphatic rings. The minimum Gasteiger partial charge on any atom is -0.376 e. The van der Waals surface area contributed by atoms with E-state index in [4.69, 9.17) is 10.5 Å². The lowest BCUT2D eigenvalue weighted by molar-refractivity contribution is -0.0117. The Morgan fingerprint density at radius 3 is 2.73 bits per heavy atom. The Labute approximate surface area is 91.4 Å². The van der Waals surface area contributed by atoms with Crippen LogP contribution in [0.3, 0.4) is 0 Å². The third-order valence-electron chi connectivity index (χ3n) is 3.23. The maximum absolute atomic E-state index is 6.09. The molecule has 2 heteroatoms. The number of hydrogen-bond donors (Lipinski definition) is 1. The van der Waals surface area contributed by atoms with Crippen LogP contribution in [-0.4, -0.2) is 18.8 Å². The summed E-state index contributed by atoms with van der Waals surface area (Å²) in [4.78, 5) is 0. The van der Waals surface area contributed by atoms with Crippen molar-refractivity contribution in [2.24, 2.45) is 5.73 Å². The average Bonchev–Trinajstić information content (AvgIpc) is 2.30. The molecule has 1 aliphatic heterocycles. The molecule has 1 saturated heterocycles. The van der Waals surface area contributed by atoms with E-state index in [1.54, 1.807) is 0 Å². The summed E-state index contributed by atoms with van der Waals surface area (Å²) >= 11 is 0. The second-order valence-electron chi connectivity index (χ2n) is 4.34. The molecule has 1 aromatic rings. The van der Waals surface area contributed by atoms with Crippen LogP contribution in [0.2, 0.25) is 0 Å². The Morgan fingerprint density at radius 1 is 1.33 bits per heavy atom. The number of benzene rings is 1. The van der Waals surface area contributed by atoms with Gasteiger partial charge < -0.3 is 10.5 Å². The largest absolute Gasteiger partial charge is 0.376 e. The predicted octanol–water partition coefficient (Wildman–Crippen LogP) is 2.30. The van der Waals surface area contributed by atoms with Crippen LogP contribution in [0.1, 0.15) is 31.2 Å². The van der Waals surface area contributed by atoms with Gasteiger partial charge in [-0.05, 0) is 18.4 Å². The van der Waals surface area contributed by atoms with E-state index < -0.39 is 0 Å². The third-order valence-corrected chi connectivity index (χ3v) is 3.23. The number of nitrogens with two attached hydrogens (primary N) is 1. The van der Waals surface area contributed by atoms with Crippen LogP contribution < -0.4 is 5.73 Å². The predicted molar refractivity (Wildman–Crippen MR) is 61.8 cm³/mol. The zero-order valence-corrected chi connectivity index (χ0v) is 9.23. The SMILES string of the molecule is CC(c1ccccc1)C1OCCCC1N. The first kappa shape index (κ1) is 10.7. The van der Waals surface area contributed by atoms with Crippen LogP contribution in [0.5, 0.6) is 0 Å². The molecule has 0 aromatic heterocycles. The van der Waals surface area contributed by atoms with Crippen LogP contribution in [-0.2, 0) is 4.74 Å². The van der Waals surface area contributed by atoms with Gasteiger partial charge in [0.15, 0.2) is 0 Å². The highest BCUT2D eigenvalue weighted by atomic mass is 16.5. The Bertz CT molecular complexity index is 299. The highest BCUT2D eigenvalue weighted by molar-refractivity contribution is 5.20. The summed E-state index contributed by atoms with van der Waals surface area (Å²) < 4.78 is 5.78. The highest BCUT2D eigenvalue weighted by Gasteiger charge is 2.28. The molecule has 0 radical (unpaired) electrons. The van der Waals surface area contributed by atoms with Crippen molar-refractivity contribution in [3.05, 3.63) is 35.9 Å². The molecule has 0 spiro atoms. The number of ether oxygens (including phenoxy) is 1. The molecule has 3 atom stereocenters. The van der Waals surface area contributed by atoms with Gasteiger partial charge in [-0.1, -0.05) is 37.3 Å². The van der Waals surface area contributed by atoms with Crippen LogP contribution in [0.25, 0.3) is 0 Å². The molecule has 0 saturated carbocycles. The van der Waals surface area contributed by atoms with Crippen molar-refractivity contribution >= 4 is 0 Å². The lowest BCUT2D eigenvalue weighted by Crippen LogP contribution is -2.43. The maximum atomic E-state index is 6.09. The molecule has 1 heterocycles. The van der Waals surface area contributed by atoms with E-state index in [2.05, 4.69) is 31.2 Å². The fourth-order valence-electron chi connectivity index (χ4n) is 2.29. The van der Waals surface area contributed by atoms with E-state index in [9.17, 15) is 0 Å². The van der Waals surface area contributed by atoms with Gasteiger partial charge >= 0.3 is 0 Å². The molecule has 82 valence electrons.